The molecule has 1 unspecified atom stereocenters. The van der Waals surface area contributed by atoms with Crippen molar-refractivity contribution in [2.24, 2.45) is 0 Å². The number of sulfonamides is 1. The zero-order valence-electron chi connectivity index (χ0n) is 19.7. The molecular formula is C24H33N3O5S. The number of rotatable bonds is 12. The molecule has 0 fully saturated rings. The third-order valence-corrected chi connectivity index (χ3v) is 6.36. The van der Waals surface area contributed by atoms with Crippen LogP contribution in [0.5, 0.6) is 5.75 Å². The molecule has 0 saturated carbocycles. The van der Waals surface area contributed by atoms with Gasteiger partial charge >= 0.3 is 0 Å². The average molecular weight is 476 g/mol. The van der Waals surface area contributed by atoms with Crippen LogP contribution in [0.3, 0.4) is 0 Å². The molecule has 0 radical (unpaired) electrons. The van der Waals surface area contributed by atoms with Crippen molar-refractivity contribution in [3.8, 4) is 5.75 Å². The second-order valence-electron chi connectivity index (χ2n) is 7.53. The van der Waals surface area contributed by atoms with Crippen LogP contribution in [0.15, 0.2) is 54.6 Å². The van der Waals surface area contributed by atoms with E-state index in [4.69, 9.17) is 4.74 Å². The number of nitrogens with one attached hydrogen (secondary N) is 1. The van der Waals surface area contributed by atoms with Gasteiger partial charge in [-0.2, -0.15) is 0 Å². The van der Waals surface area contributed by atoms with Crippen LogP contribution in [-0.2, 0) is 26.0 Å². The van der Waals surface area contributed by atoms with E-state index >= 15 is 0 Å². The van der Waals surface area contributed by atoms with Gasteiger partial charge < -0.3 is 15.0 Å². The van der Waals surface area contributed by atoms with Crippen molar-refractivity contribution in [2.45, 2.75) is 32.7 Å². The van der Waals surface area contributed by atoms with Gasteiger partial charge in [-0.05, 0) is 37.5 Å². The first kappa shape index (κ1) is 26.2. The van der Waals surface area contributed by atoms with E-state index in [-0.39, 0.29) is 18.1 Å². The van der Waals surface area contributed by atoms with Gasteiger partial charge in [0.1, 0.15) is 18.3 Å². The Kier molecular flexibility index (Phi) is 9.72. The first-order valence-corrected chi connectivity index (χ1v) is 12.8. The van der Waals surface area contributed by atoms with E-state index in [2.05, 4.69) is 5.32 Å². The molecule has 1 N–H and O–H groups in total. The van der Waals surface area contributed by atoms with Crippen LogP contribution >= 0.6 is 0 Å². The van der Waals surface area contributed by atoms with Crippen LogP contribution in [-0.4, -0.2) is 64.2 Å². The minimum absolute atomic E-state index is 0.277. The third-order valence-electron chi connectivity index (χ3n) is 5.23. The Morgan fingerprint density at radius 2 is 1.67 bits per heavy atom. The third kappa shape index (κ3) is 7.21. The van der Waals surface area contributed by atoms with Crippen molar-refractivity contribution >= 4 is 27.5 Å². The number of nitrogens with zero attached hydrogens (tertiary/aromatic N) is 2. The summed E-state index contributed by atoms with van der Waals surface area (Å²) in [6.07, 6.45) is 1.98. The zero-order valence-corrected chi connectivity index (χ0v) is 20.5. The van der Waals surface area contributed by atoms with E-state index in [0.717, 1.165) is 16.1 Å². The van der Waals surface area contributed by atoms with Gasteiger partial charge in [0.15, 0.2) is 0 Å². The molecule has 2 amide bonds. The highest BCUT2D eigenvalue weighted by molar-refractivity contribution is 7.92. The summed E-state index contributed by atoms with van der Waals surface area (Å²) in [5.41, 5.74) is 1.30. The van der Waals surface area contributed by atoms with Crippen molar-refractivity contribution in [1.29, 1.82) is 0 Å². The molecule has 2 aromatic carbocycles. The highest BCUT2D eigenvalue weighted by atomic mass is 32.2. The van der Waals surface area contributed by atoms with Crippen LogP contribution in [0.2, 0.25) is 0 Å². The van der Waals surface area contributed by atoms with E-state index in [0.29, 0.717) is 25.2 Å². The lowest BCUT2D eigenvalue weighted by molar-refractivity contribution is -0.139. The summed E-state index contributed by atoms with van der Waals surface area (Å²) >= 11 is 0. The van der Waals surface area contributed by atoms with Crippen molar-refractivity contribution in [3.63, 3.8) is 0 Å². The van der Waals surface area contributed by atoms with E-state index in [9.17, 15) is 18.0 Å². The van der Waals surface area contributed by atoms with E-state index in [1.807, 2.05) is 37.3 Å². The smallest absolute Gasteiger partial charge is 0.244 e. The number of para-hydroxylation sites is 2. The number of carbonyl (C=O) groups excluding carboxylic acids is 2. The molecule has 0 aromatic heterocycles. The van der Waals surface area contributed by atoms with Crippen molar-refractivity contribution in [2.75, 3.05) is 37.3 Å². The fourth-order valence-electron chi connectivity index (χ4n) is 3.60. The Morgan fingerprint density at radius 1 is 1.03 bits per heavy atom. The summed E-state index contributed by atoms with van der Waals surface area (Å²) in [5.74, 6) is -0.384. The molecule has 33 heavy (non-hydrogen) atoms. The summed E-state index contributed by atoms with van der Waals surface area (Å²) in [6, 6.07) is 15.6. The number of anilines is 1. The quantitative estimate of drug-likeness (QED) is 0.509. The Labute approximate surface area is 196 Å². The summed E-state index contributed by atoms with van der Waals surface area (Å²) in [7, 11) is -2.29. The summed E-state index contributed by atoms with van der Waals surface area (Å²) in [5, 5.41) is 2.61. The van der Waals surface area contributed by atoms with Crippen LogP contribution in [0.25, 0.3) is 0 Å². The lowest BCUT2D eigenvalue weighted by Crippen LogP contribution is -2.52. The second kappa shape index (κ2) is 12.2. The Bertz CT molecular complexity index is 1030. The van der Waals surface area contributed by atoms with Crippen LogP contribution in [0.1, 0.15) is 25.8 Å². The van der Waals surface area contributed by atoms with Crippen LogP contribution < -0.4 is 14.4 Å². The number of likely N-dealkylation sites (N-methyl/N-ethyl adjacent to an activating group) is 1. The maximum absolute atomic E-state index is 13.5. The normalized spacial score (nSPS) is 12.0. The molecule has 2 rings (SSSR count). The number of hydrogen-bond acceptors (Lipinski definition) is 5. The van der Waals surface area contributed by atoms with E-state index in [1.165, 1.54) is 11.9 Å². The molecule has 0 spiro atoms. The molecule has 1 atom stereocenters. The SMILES string of the molecule is CCOc1ccccc1N(CC(=O)N(CCc1ccccc1)C(CC)C(=O)NC)S(C)(=O)=O. The molecule has 180 valence electrons. The molecule has 2 aromatic rings. The van der Waals surface area contributed by atoms with Crippen molar-refractivity contribution in [1.82, 2.24) is 10.2 Å². The number of benzene rings is 2. The topological polar surface area (TPSA) is 96.0 Å². The van der Waals surface area contributed by atoms with Crippen molar-refractivity contribution in [3.05, 3.63) is 60.2 Å². The highest BCUT2D eigenvalue weighted by Crippen LogP contribution is 2.30. The average Bonchev–Trinajstić information content (AvgIpc) is 2.80. The van der Waals surface area contributed by atoms with Crippen LogP contribution in [0, 0.1) is 0 Å². The predicted octanol–water partition coefficient (Wildman–Crippen LogP) is 2.45. The number of hydrogen-bond donors (Lipinski definition) is 1. The van der Waals surface area contributed by atoms with Gasteiger partial charge in [0, 0.05) is 13.6 Å². The molecule has 0 bridgehead atoms. The maximum atomic E-state index is 13.5. The zero-order chi connectivity index (χ0) is 24.4. The van der Waals surface area contributed by atoms with E-state index in [1.54, 1.807) is 31.2 Å². The Morgan fingerprint density at radius 3 is 2.24 bits per heavy atom. The molecule has 8 nitrogen and oxygen atoms in total. The van der Waals surface area contributed by atoms with Gasteiger partial charge in [0.2, 0.25) is 21.8 Å². The minimum atomic E-state index is -3.81. The monoisotopic (exact) mass is 475 g/mol. The number of carbonyl (C=O) groups is 2. The van der Waals surface area contributed by atoms with Gasteiger partial charge in [-0.15, -0.1) is 0 Å². The Balaban J connectivity index is 2.38. The lowest BCUT2D eigenvalue weighted by atomic mass is 10.1. The second-order valence-corrected chi connectivity index (χ2v) is 9.44. The lowest BCUT2D eigenvalue weighted by Gasteiger charge is -2.32. The standard InChI is InChI=1S/C24H33N3O5S/c1-5-20(24(29)25-3)26(17-16-19-12-8-7-9-13-19)23(28)18-27(33(4,30)31)21-14-10-11-15-22(21)32-6-2/h7-15,20H,5-6,16-18H2,1-4H3,(H,25,29). The van der Waals surface area contributed by atoms with Gasteiger partial charge in [0.05, 0.1) is 18.6 Å². The largest absolute Gasteiger partial charge is 0.492 e. The van der Waals surface area contributed by atoms with Gasteiger partial charge in [-0.3, -0.25) is 13.9 Å². The summed E-state index contributed by atoms with van der Waals surface area (Å²) in [6.45, 7) is 3.81. The summed E-state index contributed by atoms with van der Waals surface area (Å²) < 4.78 is 32.0. The first-order chi connectivity index (χ1) is 15.7. The molecule has 0 aliphatic rings. The molecule has 9 heteroatoms. The molecule has 0 aliphatic heterocycles. The highest BCUT2D eigenvalue weighted by Gasteiger charge is 2.31. The van der Waals surface area contributed by atoms with Gasteiger partial charge in [-0.25, -0.2) is 8.42 Å². The molecule has 0 heterocycles. The molecule has 0 aliphatic carbocycles. The predicted molar refractivity (Wildman–Crippen MR) is 130 cm³/mol. The number of ether oxygens (including phenoxy) is 1. The molecule has 0 saturated heterocycles. The number of amides is 2. The summed E-state index contributed by atoms with van der Waals surface area (Å²) in [4.78, 5) is 27.5. The Hall–Kier alpha value is -3.07. The maximum Gasteiger partial charge on any atom is 0.244 e. The van der Waals surface area contributed by atoms with E-state index < -0.39 is 28.5 Å². The van der Waals surface area contributed by atoms with Gasteiger partial charge in [-0.1, -0.05) is 49.4 Å². The fraction of sp³-hybridized carbons (Fsp3) is 0.417. The fourth-order valence-corrected chi connectivity index (χ4v) is 4.45. The molecular weight excluding hydrogens is 442 g/mol. The first-order valence-electron chi connectivity index (χ1n) is 11.0. The van der Waals surface area contributed by atoms with Gasteiger partial charge in [0.25, 0.3) is 0 Å². The van der Waals surface area contributed by atoms with Crippen molar-refractivity contribution < 1.29 is 22.7 Å². The minimum Gasteiger partial charge on any atom is -0.492 e. The van der Waals surface area contributed by atoms with Crippen LogP contribution in [0.4, 0.5) is 5.69 Å².